The van der Waals surface area contributed by atoms with Crippen molar-refractivity contribution in [3.8, 4) is 17.2 Å². The topological polar surface area (TPSA) is 94.3 Å². The lowest BCUT2D eigenvalue weighted by atomic mass is 10.1. The van der Waals surface area contributed by atoms with E-state index in [0.29, 0.717) is 29.5 Å². The van der Waals surface area contributed by atoms with E-state index in [1.54, 1.807) is 50.5 Å². The average Bonchev–Trinajstić information content (AvgIpc) is 2.74. The molecule has 0 fully saturated rings. The highest BCUT2D eigenvalue weighted by Gasteiger charge is 2.19. The smallest absolute Gasteiger partial charge is 0.241 e. The summed E-state index contributed by atoms with van der Waals surface area (Å²) >= 11 is 0. The maximum atomic E-state index is 13.0. The number of carbonyl (C=O) groups is 2. The van der Waals surface area contributed by atoms with E-state index < -0.39 is 5.91 Å². The number of benzene rings is 2. The molecule has 0 spiro atoms. The van der Waals surface area contributed by atoms with Crippen molar-refractivity contribution in [2.24, 2.45) is 5.73 Å². The fourth-order valence-corrected chi connectivity index (χ4v) is 3.03. The van der Waals surface area contributed by atoms with Crippen LogP contribution in [0.5, 0.6) is 17.2 Å². The Hall–Kier alpha value is -3.26. The summed E-state index contributed by atoms with van der Waals surface area (Å²) in [6.45, 7) is 0.866. The highest BCUT2D eigenvalue weighted by molar-refractivity contribution is 5.95. The summed E-state index contributed by atoms with van der Waals surface area (Å²) in [4.78, 5) is 27.7. The van der Waals surface area contributed by atoms with E-state index in [4.69, 9.17) is 19.9 Å². The maximum Gasteiger partial charge on any atom is 0.241 e. The van der Waals surface area contributed by atoms with Crippen molar-refractivity contribution in [3.63, 3.8) is 0 Å². The van der Waals surface area contributed by atoms with Gasteiger partial charge in [0.25, 0.3) is 0 Å². The van der Waals surface area contributed by atoms with E-state index in [9.17, 15) is 9.59 Å². The van der Waals surface area contributed by atoms with Crippen molar-refractivity contribution in [3.05, 3.63) is 48.0 Å². The Balaban J connectivity index is 2.12. The molecule has 8 heteroatoms. The molecule has 0 aliphatic rings. The van der Waals surface area contributed by atoms with Crippen molar-refractivity contribution in [2.75, 3.05) is 46.4 Å². The number of nitrogens with two attached hydrogens (primary N) is 1. The molecule has 0 saturated heterocycles. The zero-order valence-electron chi connectivity index (χ0n) is 17.9. The first-order valence-electron chi connectivity index (χ1n) is 9.50. The molecule has 30 heavy (non-hydrogen) atoms. The molecular weight excluding hydrogens is 386 g/mol. The number of rotatable bonds is 11. The quantitative estimate of drug-likeness (QED) is 0.604. The third-order valence-electron chi connectivity index (χ3n) is 4.61. The second-order valence-corrected chi connectivity index (χ2v) is 6.81. The lowest BCUT2D eigenvalue weighted by molar-refractivity contribution is -0.120. The molecule has 0 bridgehead atoms. The van der Waals surface area contributed by atoms with Crippen molar-refractivity contribution in [2.45, 2.75) is 13.0 Å². The molecule has 2 N–H and O–H groups in total. The summed E-state index contributed by atoms with van der Waals surface area (Å²) in [5, 5.41) is 0. The molecule has 0 saturated carbocycles. The standard InChI is InChI=1S/C22H29N3O5/c1-24(14-16-5-8-19(29-3)13-20(16)30-4)15-22(27)25(12-11-21(23)26)17-6-9-18(28-2)10-7-17/h5-10,13H,11-12,14-15H2,1-4H3,(H2,23,26). The van der Waals surface area contributed by atoms with E-state index in [0.717, 1.165) is 5.56 Å². The highest BCUT2D eigenvalue weighted by Crippen LogP contribution is 2.26. The third-order valence-corrected chi connectivity index (χ3v) is 4.61. The SMILES string of the molecule is COc1ccc(N(CCC(N)=O)C(=O)CN(C)Cc2ccc(OC)cc2OC)cc1. The highest BCUT2D eigenvalue weighted by atomic mass is 16.5. The summed E-state index contributed by atoms with van der Waals surface area (Å²) in [5.74, 6) is 1.47. The second kappa shape index (κ2) is 11.1. The van der Waals surface area contributed by atoms with E-state index in [1.807, 2.05) is 30.1 Å². The number of ether oxygens (including phenoxy) is 3. The van der Waals surface area contributed by atoms with Crippen molar-refractivity contribution < 1.29 is 23.8 Å². The fraction of sp³-hybridized carbons (Fsp3) is 0.364. The number of amides is 2. The maximum absolute atomic E-state index is 13.0. The number of nitrogens with zero attached hydrogens (tertiary/aromatic N) is 2. The monoisotopic (exact) mass is 415 g/mol. The van der Waals surface area contributed by atoms with Crippen LogP contribution < -0.4 is 24.8 Å². The lowest BCUT2D eigenvalue weighted by Crippen LogP contribution is -2.40. The van der Waals surface area contributed by atoms with E-state index >= 15 is 0 Å². The molecule has 2 rings (SSSR count). The molecule has 2 amide bonds. The van der Waals surface area contributed by atoms with Crippen LogP contribution in [-0.2, 0) is 16.1 Å². The van der Waals surface area contributed by atoms with Gasteiger partial charge in [0.2, 0.25) is 11.8 Å². The number of carbonyl (C=O) groups excluding carboxylic acids is 2. The number of hydrogen-bond acceptors (Lipinski definition) is 6. The summed E-state index contributed by atoms with van der Waals surface area (Å²) in [6.07, 6.45) is 0.0772. The normalized spacial score (nSPS) is 10.6. The van der Waals surface area contributed by atoms with Gasteiger partial charge in [0.15, 0.2) is 0 Å². The van der Waals surface area contributed by atoms with Gasteiger partial charge < -0.3 is 24.8 Å². The Labute approximate surface area is 177 Å². The van der Waals surface area contributed by atoms with Gasteiger partial charge in [0.05, 0.1) is 27.9 Å². The molecule has 8 nitrogen and oxygen atoms in total. The summed E-state index contributed by atoms with van der Waals surface area (Å²) < 4.78 is 15.8. The Morgan fingerprint density at radius 3 is 2.13 bits per heavy atom. The zero-order chi connectivity index (χ0) is 22.1. The molecule has 2 aromatic rings. The average molecular weight is 415 g/mol. The molecular formula is C22H29N3O5. The van der Waals surface area contributed by atoms with Crippen LogP contribution in [-0.4, -0.2) is 58.2 Å². The van der Waals surface area contributed by atoms with Crippen molar-refractivity contribution >= 4 is 17.5 Å². The summed E-state index contributed by atoms with van der Waals surface area (Å²) in [6, 6.07) is 12.7. The van der Waals surface area contributed by atoms with E-state index in [1.165, 1.54) is 0 Å². The molecule has 0 aliphatic heterocycles. The molecule has 0 unspecified atom stereocenters. The van der Waals surface area contributed by atoms with Crippen LogP contribution in [0.2, 0.25) is 0 Å². The summed E-state index contributed by atoms with van der Waals surface area (Å²) in [5.41, 5.74) is 6.90. The second-order valence-electron chi connectivity index (χ2n) is 6.81. The van der Waals surface area contributed by atoms with Gasteiger partial charge in [0.1, 0.15) is 17.2 Å². The largest absolute Gasteiger partial charge is 0.497 e. The van der Waals surface area contributed by atoms with Crippen molar-refractivity contribution in [1.29, 1.82) is 0 Å². The number of primary amides is 1. The Morgan fingerprint density at radius 1 is 0.933 bits per heavy atom. The van der Waals surface area contributed by atoms with Gasteiger partial charge in [-0.25, -0.2) is 0 Å². The van der Waals surface area contributed by atoms with Gasteiger partial charge in [-0.3, -0.25) is 14.5 Å². The predicted molar refractivity (Wildman–Crippen MR) is 115 cm³/mol. The lowest BCUT2D eigenvalue weighted by Gasteiger charge is -2.26. The van der Waals surface area contributed by atoms with Gasteiger partial charge in [-0.2, -0.15) is 0 Å². The molecule has 0 atom stereocenters. The molecule has 0 radical (unpaired) electrons. The predicted octanol–water partition coefficient (Wildman–Crippen LogP) is 2.05. The minimum atomic E-state index is -0.461. The minimum Gasteiger partial charge on any atom is -0.497 e. The molecule has 0 heterocycles. The number of hydrogen-bond donors (Lipinski definition) is 1. The van der Waals surface area contributed by atoms with Crippen LogP contribution in [0.3, 0.4) is 0 Å². The minimum absolute atomic E-state index is 0.0772. The first-order chi connectivity index (χ1) is 14.4. The van der Waals surface area contributed by atoms with Gasteiger partial charge >= 0.3 is 0 Å². The Bertz CT molecular complexity index is 854. The van der Waals surface area contributed by atoms with Crippen LogP contribution in [0.25, 0.3) is 0 Å². The summed E-state index contributed by atoms with van der Waals surface area (Å²) in [7, 11) is 6.62. The first kappa shape index (κ1) is 23.0. The first-order valence-corrected chi connectivity index (χ1v) is 9.50. The third kappa shape index (κ3) is 6.38. The zero-order valence-corrected chi connectivity index (χ0v) is 17.9. The van der Waals surface area contributed by atoms with Gasteiger partial charge in [0, 0.05) is 36.8 Å². The fourth-order valence-electron chi connectivity index (χ4n) is 3.03. The van der Waals surface area contributed by atoms with Crippen LogP contribution in [0.1, 0.15) is 12.0 Å². The number of likely N-dealkylation sites (N-methyl/N-ethyl adjacent to an activating group) is 1. The van der Waals surface area contributed by atoms with Gasteiger partial charge in [-0.15, -0.1) is 0 Å². The van der Waals surface area contributed by atoms with Gasteiger partial charge in [-0.1, -0.05) is 6.07 Å². The van der Waals surface area contributed by atoms with Crippen LogP contribution >= 0.6 is 0 Å². The molecule has 0 aliphatic carbocycles. The van der Waals surface area contributed by atoms with Crippen LogP contribution in [0, 0.1) is 0 Å². The van der Waals surface area contributed by atoms with Crippen molar-refractivity contribution in [1.82, 2.24) is 4.90 Å². The van der Waals surface area contributed by atoms with E-state index in [2.05, 4.69) is 0 Å². The van der Waals surface area contributed by atoms with Crippen LogP contribution in [0.4, 0.5) is 5.69 Å². The van der Waals surface area contributed by atoms with Crippen LogP contribution in [0.15, 0.2) is 42.5 Å². The number of methoxy groups -OCH3 is 3. The Morgan fingerprint density at radius 2 is 1.57 bits per heavy atom. The van der Waals surface area contributed by atoms with Gasteiger partial charge in [-0.05, 0) is 37.4 Å². The van der Waals surface area contributed by atoms with E-state index in [-0.39, 0.29) is 25.4 Å². The molecule has 162 valence electrons. The Kier molecular flexibility index (Phi) is 8.49. The number of anilines is 1. The molecule has 0 aromatic heterocycles. The molecule has 2 aromatic carbocycles.